The molecule has 0 aliphatic carbocycles. The summed E-state index contributed by atoms with van der Waals surface area (Å²) in [5.74, 6) is 0. The lowest BCUT2D eigenvalue weighted by molar-refractivity contribution is 1.12. The fourth-order valence-electron chi connectivity index (χ4n) is 1.77. The highest BCUT2D eigenvalue weighted by molar-refractivity contribution is 5.77. The third kappa shape index (κ3) is 2.08. The van der Waals surface area contributed by atoms with Gasteiger partial charge in [0.25, 0.3) is 0 Å². The van der Waals surface area contributed by atoms with E-state index >= 15 is 0 Å². The van der Waals surface area contributed by atoms with Gasteiger partial charge in [-0.2, -0.15) is 10.2 Å². The van der Waals surface area contributed by atoms with E-state index in [9.17, 15) is 0 Å². The van der Waals surface area contributed by atoms with Crippen molar-refractivity contribution in [2.45, 2.75) is 0 Å². The third-order valence-corrected chi connectivity index (χ3v) is 2.70. The van der Waals surface area contributed by atoms with Crippen LogP contribution >= 0.6 is 0 Å². The standard InChI is InChI=1S/2C7H6N2/c2*1-2-4-7-6(3-1)5-8-9-7/h2*1-5H,(H,8,9). The van der Waals surface area contributed by atoms with Crippen molar-refractivity contribution in [2.75, 3.05) is 0 Å². The van der Waals surface area contributed by atoms with E-state index in [0.29, 0.717) is 0 Å². The second-order valence-electron chi connectivity index (χ2n) is 3.91. The SMILES string of the molecule is c1ccc2[nH]ncc2c1.c1ccc2[nH]ncc2c1. The lowest BCUT2D eigenvalue weighted by atomic mass is 10.3. The fraction of sp³-hybridized carbons (Fsp3) is 0. The number of hydrogen-bond acceptors (Lipinski definition) is 2. The number of nitrogens with zero attached hydrogens (tertiary/aromatic N) is 2. The van der Waals surface area contributed by atoms with E-state index in [1.54, 1.807) is 0 Å². The predicted octanol–water partition coefficient (Wildman–Crippen LogP) is 3.13. The summed E-state index contributed by atoms with van der Waals surface area (Å²) in [4.78, 5) is 0. The largest absolute Gasteiger partial charge is 0.278 e. The Bertz CT molecular complexity index is 628. The maximum absolute atomic E-state index is 3.88. The molecule has 88 valence electrons. The lowest BCUT2D eigenvalue weighted by Gasteiger charge is -1.81. The Balaban J connectivity index is 0.000000111. The van der Waals surface area contributed by atoms with Gasteiger partial charge in [0.1, 0.15) is 0 Å². The highest BCUT2D eigenvalue weighted by Crippen LogP contribution is 2.07. The molecule has 0 aliphatic heterocycles. The van der Waals surface area contributed by atoms with E-state index < -0.39 is 0 Å². The van der Waals surface area contributed by atoms with Gasteiger partial charge in [0.2, 0.25) is 0 Å². The Morgan fingerprint density at radius 1 is 0.611 bits per heavy atom. The van der Waals surface area contributed by atoms with Gasteiger partial charge in [-0.25, -0.2) is 0 Å². The average molecular weight is 236 g/mol. The fourth-order valence-corrected chi connectivity index (χ4v) is 1.77. The van der Waals surface area contributed by atoms with E-state index in [2.05, 4.69) is 20.4 Å². The van der Waals surface area contributed by atoms with Crippen molar-refractivity contribution in [3.8, 4) is 0 Å². The van der Waals surface area contributed by atoms with Crippen molar-refractivity contribution in [1.29, 1.82) is 0 Å². The van der Waals surface area contributed by atoms with E-state index in [4.69, 9.17) is 0 Å². The van der Waals surface area contributed by atoms with Gasteiger partial charge in [-0.05, 0) is 12.1 Å². The van der Waals surface area contributed by atoms with Crippen LogP contribution in [-0.2, 0) is 0 Å². The minimum absolute atomic E-state index is 1.09. The molecule has 0 unspecified atom stereocenters. The zero-order valence-electron chi connectivity index (χ0n) is 9.67. The number of aromatic amines is 2. The molecular formula is C14H12N4. The Hall–Kier alpha value is -2.62. The van der Waals surface area contributed by atoms with Crippen LogP contribution in [0.25, 0.3) is 21.8 Å². The van der Waals surface area contributed by atoms with Crippen molar-refractivity contribution in [3.05, 3.63) is 60.9 Å². The first-order valence-corrected chi connectivity index (χ1v) is 5.70. The quantitative estimate of drug-likeness (QED) is 0.493. The molecule has 2 aromatic carbocycles. The summed E-state index contributed by atoms with van der Waals surface area (Å²) in [6.07, 6.45) is 3.63. The van der Waals surface area contributed by atoms with Crippen molar-refractivity contribution < 1.29 is 0 Å². The third-order valence-electron chi connectivity index (χ3n) is 2.70. The molecule has 2 N–H and O–H groups in total. The van der Waals surface area contributed by atoms with Crippen molar-refractivity contribution in [3.63, 3.8) is 0 Å². The molecule has 2 heterocycles. The van der Waals surface area contributed by atoms with E-state index in [-0.39, 0.29) is 0 Å². The zero-order valence-corrected chi connectivity index (χ0v) is 9.67. The number of rotatable bonds is 0. The second kappa shape index (κ2) is 4.71. The van der Waals surface area contributed by atoms with Crippen molar-refractivity contribution >= 4 is 21.8 Å². The highest BCUT2D eigenvalue weighted by Gasteiger charge is 1.88. The van der Waals surface area contributed by atoms with Gasteiger partial charge >= 0.3 is 0 Å². The molecule has 4 nitrogen and oxygen atoms in total. The van der Waals surface area contributed by atoms with Crippen molar-refractivity contribution in [1.82, 2.24) is 20.4 Å². The predicted molar refractivity (Wildman–Crippen MR) is 72.2 cm³/mol. The highest BCUT2D eigenvalue weighted by atomic mass is 15.1. The molecule has 4 heteroatoms. The molecule has 0 radical (unpaired) electrons. The van der Waals surface area contributed by atoms with Gasteiger partial charge in [0.15, 0.2) is 0 Å². The van der Waals surface area contributed by atoms with Crippen LogP contribution in [-0.4, -0.2) is 20.4 Å². The first-order valence-electron chi connectivity index (χ1n) is 5.70. The van der Waals surface area contributed by atoms with E-state index in [1.807, 2.05) is 60.9 Å². The van der Waals surface area contributed by atoms with Crippen molar-refractivity contribution in [2.24, 2.45) is 0 Å². The summed E-state index contributed by atoms with van der Waals surface area (Å²) < 4.78 is 0. The maximum Gasteiger partial charge on any atom is 0.0650 e. The number of benzene rings is 2. The number of fused-ring (bicyclic) bond motifs is 2. The molecule has 4 aromatic rings. The Labute approximate surface area is 104 Å². The number of aromatic nitrogens is 4. The molecule has 0 saturated carbocycles. The molecule has 0 atom stereocenters. The van der Waals surface area contributed by atoms with Crippen LogP contribution in [0.3, 0.4) is 0 Å². The van der Waals surface area contributed by atoms with Crippen LogP contribution < -0.4 is 0 Å². The average Bonchev–Trinajstić information content (AvgIpc) is 3.08. The maximum atomic E-state index is 3.88. The molecule has 0 saturated heterocycles. The van der Waals surface area contributed by atoms with Crippen LogP contribution in [0, 0.1) is 0 Å². The summed E-state index contributed by atoms with van der Waals surface area (Å²) >= 11 is 0. The number of para-hydroxylation sites is 2. The minimum Gasteiger partial charge on any atom is -0.278 e. The van der Waals surface area contributed by atoms with Crippen LogP contribution in [0.2, 0.25) is 0 Å². The summed E-state index contributed by atoms with van der Waals surface area (Å²) in [6.45, 7) is 0. The number of hydrogen-bond donors (Lipinski definition) is 2. The van der Waals surface area contributed by atoms with Crippen LogP contribution in [0.5, 0.6) is 0 Å². The smallest absolute Gasteiger partial charge is 0.0650 e. The van der Waals surface area contributed by atoms with Crippen LogP contribution in [0.1, 0.15) is 0 Å². The molecule has 0 amide bonds. The monoisotopic (exact) mass is 236 g/mol. The molecule has 0 spiro atoms. The van der Waals surface area contributed by atoms with Gasteiger partial charge in [-0.3, -0.25) is 10.2 Å². The van der Waals surface area contributed by atoms with Crippen LogP contribution in [0.4, 0.5) is 0 Å². The second-order valence-corrected chi connectivity index (χ2v) is 3.91. The first kappa shape index (κ1) is 10.5. The molecule has 0 bridgehead atoms. The Morgan fingerprint density at radius 3 is 1.50 bits per heavy atom. The number of H-pyrrole nitrogens is 2. The van der Waals surface area contributed by atoms with Crippen LogP contribution in [0.15, 0.2) is 60.9 Å². The molecule has 2 aromatic heterocycles. The topological polar surface area (TPSA) is 57.4 Å². The summed E-state index contributed by atoms with van der Waals surface area (Å²) in [7, 11) is 0. The molecule has 0 fully saturated rings. The van der Waals surface area contributed by atoms with Gasteiger partial charge in [0, 0.05) is 10.8 Å². The molecule has 4 rings (SSSR count). The molecule has 18 heavy (non-hydrogen) atoms. The Morgan fingerprint density at radius 2 is 1.06 bits per heavy atom. The van der Waals surface area contributed by atoms with E-state index in [0.717, 1.165) is 21.8 Å². The normalized spacial score (nSPS) is 10.2. The molecular weight excluding hydrogens is 224 g/mol. The van der Waals surface area contributed by atoms with Gasteiger partial charge in [-0.15, -0.1) is 0 Å². The first-order chi connectivity index (χ1) is 8.93. The molecule has 0 aliphatic rings. The summed E-state index contributed by atoms with van der Waals surface area (Å²) in [5, 5.41) is 15.8. The van der Waals surface area contributed by atoms with Gasteiger partial charge < -0.3 is 0 Å². The van der Waals surface area contributed by atoms with Gasteiger partial charge in [0.05, 0.1) is 23.4 Å². The minimum atomic E-state index is 1.09. The zero-order chi connectivity index (χ0) is 12.2. The Kier molecular flexibility index (Phi) is 2.75. The summed E-state index contributed by atoms with van der Waals surface area (Å²) in [6, 6.07) is 16.0. The van der Waals surface area contributed by atoms with Gasteiger partial charge in [-0.1, -0.05) is 36.4 Å². The number of nitrogens with one attached hydrogen (secondary N) is 2. The summed E-state index contributed by atoms with van der Waals surface area (Å²) in [5.41, 5.74) is 2.19. The lowest BCUT2D eigenvalue weighted by Crippen LogP contribution is -1.63. The van der Waals surface area contributed by atoms with E-state index in [1.165, 1.54) is 0 Å².